The number of halogens is 2. The first-order valence-corrected chi connectivity index (χ1v) is 9.84. The lowest BCUT2D eigenvalue weighted by Crippen LogP contribution is -2.24. The Labute approximate surface area is 172 Å². The Morgan fingerprint density at radius 1 is 0.900 bits per heavy atom. The molecule has 4 aromatic rings. The maximum absolute atomic E-state index is 13.3. The van der Waals surface area contributed by atoms with Crippen LogP contribution in [-0.2, 0) is 11.3 Å². The lowest BCUT2D eigenvalue weighted by Gasteiger charge is -2.17. The van der Waals surface area contributed by atoms with Crippen molar-refractivity contribution in [3.8, 4) is 0 Å². The molecular formula is C24H19F2N3O. The Morgan fingerprint density at radius 2 is 1.57 bits per heavy atom. The number of aromatic nitrogens is 2. The van der Waals surface area contributed by atoms with Crippen molar-refractivity contribution < 1.29 is 13.6 Å². The predicted octanol–water partition coefficient (Wildman–Crippen LogP) is 4.88. The van der Waals surface area contributed by atoms with Crippen LogP contribution in [0, 0.1) is 11.6 Å². The van der Waals surface area contributed by atoms with Crippen LogP contribution in [0.25, 0.3) is 11.0 Å². The molecule has 1 amide bonds. The summed E-state index contributed by atoms with van der Waals surface area (Å²) in [4.78, 5) is 19.2. The van der Waals surface area contributed by atoms with Crippen LogP contribution in [0.2, 0.25) is 0 Å². The van der Waals surface area contributed by atoms with Gasteiger partial charge in [0.05, 0.1) is 11.0 Å². The summed E-state index contributed by atoms with van der Waals surface area (Å²) >= 11 is 0. The average Bonchev–Trinajstić information content (AvgIpc) is 3.31. The van der Waals surface area contributed by atoms with Crippen LogP contribution in [0.4, 0.5) is 14.5 Å². The number of carbonyl (C=O) groups excluding carboxylic acids is 1. The van der Waals surface area contributed by atoms with Crippen LogP contribution in [-0.4, -0.2) is 22.0 Å². The minimum atomic E-state index is -0.331. The molecule has 0 aliphatic carbocycles. The molecule has 1 aromatic heterocycles. The van der Waals surface area contributed by atoms with Crippen LogP contribution in [0.1, 0.15) is 23.7 Å². The van der Waals surface area contributed by atoms with Gasteiger partial charge in [-0.2, -0.15) is 0 Å². The number of nitrogens with zero attached hydrogens (tertiary/aromatic N) is 3. The van der Waals surface area contributed by atoms with Crippen molar-refractivity contribution in [1.29, 1.82) is 0 Å². The first-order chi connectivity index (χ1) is 14.6. The first kappa shape index (κ1) is 18.5. The summed E-state index contributed by atoms with van der Waals surface area (Å²) < 4.78 is 28.7. The number of benzene rings is 3. The van der Waals surface area contributed by atoms with E-state index < -0.39 is 0 Å². The fourth-order valence-electron chi connectivity index (χ4n) is 4.10. The van der Waals surface area contributed by atoms with Crippen molar-refractivity contribution in [2.75, 3.05) is 11.4 Å². The molecule has 1 saturated heterocycles. The Bertz CT molecular complexity index is 1220. The van der Waals surface area contributed by atoms with Gasteiger partial charge < -0.3 is 9.47 Å². The number of imidazole rings is 1. The number of anilines is 1. The summed E-state index contributed by atoms with van der Waals surface area (Å²) in [5.74, 6) is 0.134. The van der Waals surface area contributed by atoms with Gasteiger partial charge in [-0.15, -0.1) is 0 Å². The van der Waals surface area contributed by atoms with Gasteiger partial charge in [-0.05, 0) is 54.1 Å². The lowest BCUT2D eigenvalue weighted by atomic mass is 10.1. The average molecular weight is 403 g/mol. The van der Waals surface area contributed by atoms with Gasteiger partial charge in [-0.3, -0.25) is 4.79 Å². The van der Waals surface area contributed by atoms with E-state index in [1.807, 2.05) is 24.3 Å². The molecule has 1 aliphatic rings. The predicted molar refractivity (Wildman–Crippen MR) is 111 cm³/mol. The van der Waals surface area contributed by atoms with Crippen molar-refractivity contribution in [3.63, 3.8) is 0 Å². The second-order valence-electron chi connectivity index (χ2n) is 7.55. The van der Waals surface area contributed by atoms with Gasteiger partial charge in [0.25, 0.3) is 0 Å². The molecule has 6 heteroatoms. The lowest BCUT2D eigenvalue weighted by molar-refractivity contribution is -0.117. The summed E-state index contributed by atoms with van der Waals surface area (Å²) in [6, 6.07) is 20.2. The third kappa shape index (κ3) is 3.34. The molecule has 2 heterocycles. The summed E-state index contributed by atoms with van der Waals surface area (Å²) in [6.07, 6.45) is 0.337. The van der Waals surface area contributed by atoms with Crippen LogP contribution < -0.4 is 4.90 Å². The van der Waals surface area contributed by atoms with E-state index in [0.29, 0.717) is 25.2 Å². The molecule has 1 atom stereocenters. The Morgan fingerprint density at radius 3 is 2.30 bits per heavy atom. The van der Waals surface area contributed by atoms with Crippen LogP contribution in [0.3, 0.4) is 0 Å². The maximum atomic E-state index is 13.3. The maximum Gasteiger partial charge on any atom is 0.227 e. The number of fused-ring (bicyclic) bond motifs is 1. The molecule has 0 radical (unpaired) electrons. The molecule has 1 aliphatic heterocycles. The fraction of sp³-hybridized carbons (Fsp3) is 0.167. The molecule has 4 nitrogen and oxygen atoms in total. The monoisotopic (exact) mass is 403 g/mol. The minimum Gasteiger partial charge on any atom is -0.323 e. The van der Waals surface area contributed by atoms with Crippen molar-refractivity contribution in [3.05, 3.63) is 95.8 Å². The third-order valence-electron chi connectivity index (χ3n) is 5.57. The summed E-state index contributed by atoms with van der Waals surface area (Å²) in [7, 11) is 0. The molecular weight excluding hydrogens is 384 g/mol. The van der Waals surface area contributed by atoms with Gasteiger partial charge >= 0.3 is 0 Å². The first-order valence-electron chi connectivity index (χ1n) is 9.84. The molecule has 1 fully saturated rings. The normalized spacial score (nSPS) is 16.5. The number of para-hydroxylation sites is 2. The topological polar surface area (TPSA) is 38.1 Å². The largest absolute Gasteiger partial charge is 0.323 e. The molecule has 30 heavy (non-hydrogen) atoms. The number of hydrogen-bond acceptors (Lipinski definition) is 2. The number of hydrogen-bond donors (Lipinski definition) is 0. The van der Waals surface area contributed by atoms with E-state index in [0.717, 1.165) is 22.4 Å². The molecule has 0 saturated carbocycles. The van der Waals surface area contributed by atoms with Crippen molar-refractivity contribution in [1.82, 2.24) is 9.55 Å². The number of amides is 1. The van der Waals surface area contributed by atoms with Gasteiger partial charge in [0.1, 0.15) is 17.5 Å². The molecule has 0 unspecified atom stereocenters. The highest BCUT2D eigenvalue weighted by Crippen LogP contribution is 2.33. The molecule has 5 rings (SSSR count). The quantitative estimate of drug-likeness (QED) is 0.487. The van der Waals surface area contributed by atoms with Crippen LogP contribution in [0.5, 0.6) is 0 Å². The zero-order valence-corrected chi connectivity index (χ0v) is 16.1. The zero-order valence-electron chi connectivity index (χ0n) is 16.1. The Balaban J connectivity index is 1.51. The SMILES string of the molecule is O=C1C[C@H](c2nc3ccccc3n2Cc2ccc(F)cc2)CN1c1ccc(F)cc1. The summed E-state index contributed by atoms with van der Waals surface area (Å²) in [5, 5.41) is 0. The standard InChI is InChI=1S/C24H19F2N3O/c25-18-7-5-16(6-8-18)14-29-22-4-2-1-3-21(22)27-24(29)17-13-23(30)28(15-17)20-11-9-19(26)10-12-20/h1-12,17H,13-15H2/t17-/m0/s1. The van der Waals surface area contributed by atoms with Crippen LogP contribution >= 0.6 is 0 Å². The van der Waals surface area contributed by atoms with E-state index in [2.05, 4.69) is 4.57 Å². The second kappa shape index (κ2) is 7.37. The van der Waals surface area contributed by atoms with E-state index in [9.17, 15) is 13.6 Å². The van der Waals surface area contributed by atoms with Crippen LogP contribution in [0.15, 0.2) is 72.8 Å². The molecule has 0 N–H and O–H groups in total. The molecule has 0 bridgehead atoms. The molecule has 150 valence electrons. The fourth-order valence-corrected chi connectivity index (χ4v) is 4.10. The van der Waals surface area contributed by atoms with Crippen molar-refractivity contribution >= 4 is 22.6 Å². The van der Waals surface area contributed by atoms with E-state index in [1.54, 1.807) is 29.2 Å². The molecule has 0 spiro atoms. The third-order valence-corrected chi connectivity index (χ3v) is 5.57. The minimum absolute atomic E-state index is 0.00741. The Hall–Kier alpha value is -3.54. The number of carbonyl (C=O) groups is 1. The highest BCUT2D eigenvalue weighted by molar-refractivity contribution is 5.96. The van der Waals surface area contributed by atoms with Crippen molar-refractivity contribution in [2.24, 2.45) is 0 Å². The molecule has 3 aromatic carbocycles. The van der Waals surface area contributed by atoms with Gasteiger partial charge in [-0.25, -0.2) is 13.8 Å². The van der Waals surface area contributed by atoms with E-state index in [-0.39, 0.29) is 23.5 Å². The smallest absolute Gasteiger partial charge is 0.227 e. The van der Waals surface area contributed by atoms with Crippen molar-refractivity contribution in [2.45, 2.75) is 18.9 Å². The van der Waals surface area contributed by atoms with E-state index >= 15 is 0 Å². The zero-order chi connectivity index (χ0) is 20.7. The Kier molecular flexibility index (Phi) is 4.54. The summed E-state index contributed by atoms with van der Waals surface area (Å²) in [6.45, 7) is 1.02. The van der Waals surface area contributed by atoms with Gasteiger partial charge in [0.2, 0.25) is 5.91 Å². The highest BCUT2D eigenvalue weighted by Gasteiger charge is 2.34. The number of rotatable bonds is 4. The van der Waals surface area contributed by atoms with Gasteiger partial charge in [0.15, 0.2) is 0 Å². The van der Waals surface area contributed by atoms with E-state index in [1.165, 1.54) is 24.3 Å². The van der Waals surface area contributed by atoms with Gasteiger partial charge in [0, 0.05) is 31.1 Å². The highest BCUT2D eigenvalue weighted by atomic mass is 19.1. The second-order valence-corrected chi connectivity index (χ2v) is 7.55. The van der Waals surface area contributed by atoms with E-state index in [4.69, 9.17) is 4.98 Å². The summed E-state index contributed by atoms with van der Waals surface area (Å²) in [5.41, 5.74) is 3.48. The van der Waals surface area contributed by atoms with Gasteiger partial charge in [-0.1, -0.05) is 24.3 Å².